The Morgan fingerprint density at radius 2 is 1.61 bits per heavy atom. The number of carboxylic acid groups (broad SMARTS) is 1. The molecule has 0 aliphatic heterocycles. The van der Waals surface area contributed by atoms with Crippen molar-refractivity contribution in [2.75, 3.05) is 21.1 Å². The molecule has 0 aliphatic rings. The fraction of sp³-hybridized carbons (Fsp3) is 0.500. The van der Waals surface area contributed by atoms with E-state index in [1.54, 1.807) is 7.05 Å². The van der Waals surface area contributed by atoms with E-state index in [9.17, 15) is 4.79 Å². The molecular weight excluding hydrogens is 228 g/mol. The summed E-state index contributed by atoms with van der Waals surface area (Å²) in [5.74, 6) is 0. The van der Waals surface area contributed by atoms with Crippen molar-refractivity contribution in [3.05, 3.63) is 35.4 Å². The molecule has 1 aromatic rings. The second-order valence-electron chi connectivity index (χ2n) is 4.88. The smallest absolute Gasteiger partial charge is 0.407 e. The number of carbonyl (C=O) groups is 1. The molecule has 4 heteroatoms. The Balaban J connectivity index is 2.98. The van der Waals surface area contributed by atoms with Gasteiger partial charge in [0.05, 0.1) is 6.04 Å². The van der Waals surface area contributed by atoms with Crippen LogP contribution in [-0.2, 0) is 0 Å². The van der Waals surface area contributed by atoms with E-state index in [-0.39, 0.29) is 6.04 Å². The number of benzene rings is 1. The number of hydrogen-bond donors (Lipinski definition) is 1. The zero-order valence-electron chi connectivity index (χ0n) is 11.7. The summed E-state index contributed by atoms with van der Waals surface area (Å²) in [7, 11) is 5.66. The summed E-state index contributed by atoms with van der Waals surface area (Å²) >= 11 is 0. The van der Waals surface area contributed by atoms with Crippen LogP contribution < -0.4 is 0 Å². The van der Waals surface area contributed by atoms with Crippen LogP contribution in [0.5, 0.6) is 0 Å². The van der Waals surface area contributed by atoms with Crippen molar-refractivity contribution in [1.82, 2.24) is 9.80 Å². The van der Waals surface area contributed by atoms with Crippen LogP contribution in [0.4, 0.5) is 4.79 Å². The molecule has 18 heavy (non-hydrogen) atoms. The van der Waals surface area contributed by atoms with Crippen LogP contribution in [0.15, 0.2) is 24.3 Å². The van der Waals surface area contributed by atoms with Gasteiger partial charge >= 0.3 is 6.09 Å². The molecule has 0 saturated heterocycles. The molecule has 1 aromatic carbocycles. The Morgan fingerprint density at radius 1 is 1.11 bits per heavy atom. The Kier molecular flexibility index (Phi) is 4.73. The summed E-state index contributed by atoms with van der Waals surface area (Å²) in [5.41, 5.74) is 2.22. The van der Waals surface area contributed by atoms with Gasteiger partial charge in [-0.1, -0.05) is 24.3 Å². The predicted octanol–water partition coefficient (Wildman–Crippen LogP) is 2.98. The van der Waals surface area contributed by atoms with Gasteiger partial charge in [-0.15, -0.1) is 0 Å². The van der Waals surface area contributed by atoms with Crippen LogP contribution in [0.2, 0.25) is 0 Å². The normalized spacial score (nSPS) is 14.3. The first kappa shape index (κ1) is 14.5. The Morgan fingerprint density at radius 3 is 2.06 bits per heavy atom. The van der Waals surface area contributed by atoms with Crippen molar-refractivity contribution >= 4 is 6.09 Å². The van der Waals surface area contributed by atoms with E-state index in [2.05, 4.69) is 24.0 Å². The highest BCUT2D eigenvalue weighted by Gasteiger charge is 2.17. The molecule has 4 nitrogen and oxygen atoms in total. The lowest BCUT2D eigenvalue weighted by atomic mass is 10.0. The topological polar surface area (TPSA) is 43.8 Å². The first-order valence-corrected chi connectivity index (χ1v) is 6.06. The van der Waals surface area contributed by atoms with Crippen LogP contribution in [-0.4, -0.2) is 42.1 Å². The number of amides is 1. The van der Waals surface area contributed by atoms with Crippen LogP contribution in [0, 0.1) is 0 Å². The number of rotatable bonds is 4. The first-order chi connectivity index (χ1) is 8.34. The summed E-state index contributed by atoms with van der Waals surface area (Å²) in [6, 6.07) is 8.27. The quantitative estimate of drug-likeness (QED) is 0.893. The molecule has 0 heterocycles. The van der Waals surface area contributed by atoms with Crippen molar-refractivity contribution in [3.63, 3.8) is 0 Å². The van der Waals surface area contributed by atoms with Crippen molar-refractivity contribution in [2.24, 2.45) is 0 Å². The lowest BCUT2D eigenvalue weighted by Crippen LogP contribution is -2.28. The molecule has 0 radical (unpaired) electrons. The average Bonchev–Trinajstić information content (AvgIpc) is 2.35. The van der Waals surface area contributed by atoms with E-state index in [1.807, 2.05) is 33.2 Å². The minimum atomic E-state index is -0.909. The average molecular weight is 250 g/mol. The van der Waals surface area contributed by atoms with Gasteiger partial charge in [0.25, 0.3) is 0 Å². The van der Waals surface area contributed by atoms with Gasteiger partial charge in [-0.2, -0.15) is 0 Å². The van der Waals surface area contributed by atoms with E-state index >= 15 is 0 Å². The van der Waals surface area contributed by atoms with Gasteiger partial charge in [0.1, 0.15) is 0 Å². The second kappa shape index (κ2) is 5.87. The maximum Gasteiger partial charge on any atom is 0.407 e. The first-order valence-electron chi connectivity index (χ1n) is 6.06. The molecule has 2 atom stereocenters. The van der Waals surface area contributed by atoms with Crippen molar-refractivity contribution < 1.29 is 9.90 Å². The maximum absolute atomic E-state index is 11.0. The van der Waals surface area contributed by atoms with E-state index < -0.39 is 6.09 Å². The van der Waals surface area contributed by atoms with Gasteiger partial charge in [-0.25, -0.2) is 4.79 Å². The Bertz CT molecular complexity index is 418. The summed E-state index contributed by atoms with van der Waals surface area (Å²) in [6.07, 6.45) is -0.909. The molecule has 0 aliphatic carbocycles. The predicted molar refractivity (Wildman–Crippen MR) is 72.7 cm³/mol. The van der Waals surface area contributed by atoms with Crippen molar-refractivity contribution in [1.29, 1.82) is 0 Å². The highest BCUT2D eigenvalue weighted by molar-refractivity contribution is 5.65. The van der Waals surface area contributed by atoms with E-state index in [0.717, 1.165) is 5.56 Å². The molecule has 0 bridgehead atoms. The maximum atomic E-state index is 11.0. The standard InChI is InChI=1S/C14H22N2O2/c1-10(15(3)4)12-7-6-8-13(9-12)11(2)16(5)14(17)18/h6-11H,1-5H3,(H,17,18)/t10-,11?/m0/s1. The van der Waals surface area contributed by atoms with Crippen LogP contribution in [0.25, 0.3) is 0 Å². The van der Waals surface area contributed by atoms with Crippen LogP contribution >= 0.6 is 0 Å². The fourth-order valence-electron chi connectivity index (χ4n) is 1.77. The largest absolute Gasteiger partial charge is 0.465 e. The van der Waals surface area contributed by atoms with Crippen LogP contribution in [0.1, 0.15) is 37.1 Å². The summed E-state index contributed by atoms with van der Waals surface area (Å²) in [5, 5.41) is 9.00. The monoisotopic (exact) mass is 250 g/mol. The fourth-order valence-corrected chi connectivity index (χ4v) is 1.77. The SMILES string of the molecule is CC(c1cccc([C@H](C)N(C)C)c1)N(C)C(=O)O. The van der Waals surface area contributed by atoms with Crippen molar-refractivity contribution in [3.8, 4) is 0 Å². The van der Waals surface area contributed by atoms with Gasteiger partial charge in [0, 0.05) is 13.1 Å². The van der Waals surface area contributed by atoms with E-state index in [4.69, 9.17) is 5.11 Å². The van der Waals surface area contributed by atoms with Gasteiger partial charge < -0.3 is 14.9 Å². The third kappa shape index (κ3) is 3.23. The van der Waals surface area contributed by atoms with Gasteiger partial charge in [-0.05, 0) is 39.1 Å². The molecule has 1 N–H and O–H groups in total. The van der Waals surface area contributed by atoms with Gasteiger partial charge in [-0.3, -0.25) is 0 Å². The summed E-state index contributed by atoms with van der Waals surface area (Å²) < 4.78 is 0. The highest BCUT2D eigenvalue weighted by Crippen LogP contribution is 2.24. The molecule has 1 rings (SSSR count). The summed E-state index contributed by atoms with van der Waals surface area (Å²) in [4.78, 5) is 14.4. The lowest BCUT2D eigenvalue weighted by molar-refractivity contribution is 0.142. The molecule has 0 spiro atoms. The summed E-state index contributed by atoms with van der Waals surface area (Å²) in [6.45, 7) is 4.03. The number of hydrogen-bond acceptors (Lipinski definition) is 2. The third-order valence-corrected chi connectivity index (χ3v) is 3.53. The van der Waals surface area contributed by atoms with Gasteiger partial charge in [0.15, 0.2) is 0 Å². The minimum Gasteiger partial charge on any atom is -0.465 e. The number of nitrogens with zero attached hydrogens (tertiary/aromatic N) is 2. The minimum absolute atomic E-state index is 0.142. The van der Waals surface area contributed by atoms with E-state index in [0.29, 0.717) is 6.04 Å². The zero-order valence-corrected chi connectivity index (χ0v) is 11.7. The zero-order chi connectivity index (χ0) is 13.9. The molecule has 0 aromatic heterocycles. The molecule has 0 saturated carbocycles. The molecule has 0 fully saturated rings. The lowest BCUT2D eigenvalue weighted by Gasteiger charge is -2.25. The molecule has 100 valence electrons. The van der Waals surface area contributed by atoms with Crippen LogP contribution in [0.3, 0.4) is 0 Å². The third-order valence-electron chi connectivity index (χ3n) is 3.53. The van der Waals surface area contributed by atoms with E-state index in [1.165, 1.54) is 10.5 Å². The molecule has 1 unspecified atom stereocenters. The molecule has 1 amide bonds. The second-order valence-corrected chi connectivity index (χ2v) is 4.88. The Hall–Kier alpha value is -1.55. The Labute approximate surface area is 109 Å². The van der Waals surface area contributed by atoms with Crippen molar-refractivity contribution in [2.45, 2.75) is 25.9 Å². The molecular formula is C14H22N2O2. The van der Waals surface area contributed by atoms with Gasteiger partial charge in [0.2, 0.25) is 0 Å². The highest BCUT2D eigenvalue weighted by atomic mass is 16.4.